The highest BCUT2D eigenvalue weighted by molar-refractivity contribution is 7.94. The van der Waals surface area contributed by atoms with Crippen molar-refractivity contribution in [1.82, 2.24) is 4.90 Å². The van der Waals surface area contributed by atoms with Gasteiger partial charge in [0.25, 0.3) is 0 Å². The van der Waals surface area contributed by atoms with Gasteiger partial charge in [-0.3, -0.25) is 0 Å². The van der Waals surface area contributed by atoms with E-state index in [9.17, 15) is 4.79 Å². The van der Waals surface area contributed by atoms with E-state index in [1.807, 2.05) is 37.8 Å². The Hall–Kier alpha value is -1.20. The number of carbonyl (C=O) groups excluding carboxylic acids is 1. The van der Waals surface area contributed by atoms with Crippen LogP contribution in [0.3, 0.4) is 0 Å². The predicted molar refractivity (Wildman–Crippen MR) is 93.6 cm³/mol. The number of hydrogen-bond acceptors (Lipinski definition) is 4. The molecule has 0 spiro atoms. The highest BCUT2D eigenvalue weighted by atomic mass is 32.2. The second kappa shape index (κ2) is 8.06. The maximum Gasteiger partial charge on any atom is 0.410 e. The largest absolute Gasteiger partial charge is 0.444 e. The van der Waals surface area contributed by atoms with Gasteiger partial charge in [0.15, 0.2) is 0 Å². The van der Waals surface area contributed by atoms with Crippen LogP contribution in [0, 0.1) is 6.92 Å². The van der Waals surface area contributed by atoms with Crippen LogP contribution in [-0.4, -0.2) is 35.8 Å². The van der Waals surface area contributed by atoms with Crippen LogP contribution in [0.1, 0.15) is 45.6 Å². The molecule has 1 aliphatic rings. The first-order valence-electron chi connectivity index (χ1n) is 8.21. The van der Waals surface area contributed by atoms with Gasteiger partial charge in [0, 0.05) is 23.5 Å². The molecule has 23 heavy (non-hydrogen) atoms. The number of carbonyl (C=O) groups is 1. The summed E-state index contributed by atoms with van der Waals surface area (Å²) in [4.78, 5) is 15.2. The van der Waals surface area contributed by atoms with Crippen molar-refractivity contribution in [3.05, 3.63) is 29.8 Å². The number of benzene rings is 1. The zero-order valence-electron chi connectivity index (χ0n) is 14.5. The van der Waals surface area contributed by atoms with Gasteiger partial charge in [-0.1, -0.05) is 17.7 Å². The summed E-state index contributed by atoms with van der Waals surface area (Å²) in [7, 11) is 0. The molecule has 1 unspecified atom stereocenters. The van der Waals surface area contributed by atoms with E-state index in [4.69, 9.17) is 8.92 Å². The van der Waals surface area contributed by atoms with Gasteiger partial charge < -0.3 is 13.8 Å². The zero-order chi connectivity index (χ0) is 16.9. The Balaban J connectivity index is 1.86. The lowest BCUT2D eigenvalue weighted by atomic mass is 10.0. The first kappa shape index (κ1) is 18.1. The van der Waals surface area contributed by atoms with Gasteiger partial charge in [0.05, 0.1) is 12.6 Å². The molecule has 5 heteroatoms. The molecule has 1 saturated heterocycles. The fraction of sp³-hybridized carbons (Fsp3) is 0.611. The lowest BCUT2D eigenvalue weighted by Crippen LogP contribution is -2.47. The Labute approximate surface area is 143 Å². The molecular formula is C18H27NO3S. The average Bonchev–Trinajstić information content (AvgIpc) is 2.48. The van der Waals surface area contributed by atoms with Crippen LogP contribution in [-0.2, 0) is 8.92 Å². The molecule has 4 nitrogen and oxygen atoms in total. The lowest BCUT2D eigenvalue weighted by molar-refractivity contribution is 0.00468. The SMILES string of the molecule is Cc1ccc(SOCC2CCCCN2C(=O)OC(C)(C)C)cc1. The summed E-state index contributed by atoms with van der Waals surface area (Å²) in [5.41, 5.74) is 0.772. The molecule has 1 aromatic carbocycles. The Morgan fingerprint density at radius 1 is 1.26 bits per heavy atom. The van der Waals surface area contributed by atoms with Crippen molar-refractivity contribution >= 4 is 18.1 Å². The Morgan fingerprint density at radius 3 is 2.61 bits per heavy atom. The third-order valence-electron chi connectivity index (χ3n) is 3.69. The molecule has 1 aliphatic heterocycles. The monoisotopic (exact) mass is 337 g/mol. The van der Waals surface area contributed by atoms with Crippen LogP contribution in [0.5, 0.6) is 0 Å². The number of amides is 1. The maximum atomic E-state index is 12.3. The molecule has 1 fully saturated rings. The normalized spacial score (nSPS) is 18.8. The smallest absolute Gasteiger partial charge is 0.410 e. The minimum absolute atomic E-state index is 0.0940. The average molecular weight is 337 g/mol. The van der Waals surface area contributed by atoms with E-state index in [0.717, 1.165) is 30.7 Å². The van der Waals surface area contributed by atoms with Crippen LogP contribution >= 0.6 is 12.0 Å². The van der Waals surface area contributed by atoms with E-state index in [1.54, 1.807) is 0 Å². The van der Waals surface area contributed by atoms with E-state index in [1.165, 1.54) is 17.6 Å². The van der Waals surface area contributed by atoms with Crippen LogP contribution in [0.15, 0.2) is 29.2 Å². The van der Waals surface area contributed by atoms with E-state index in [0.29, 0.717) is 6.61 Å². The maximum absolute atomic E-state index is 12.3. The molecule has 0 N–H and O–H groups in total. The number of piperidine rings is 1. The van der Waals surface area contributed by atoms with Crippen molar-refractivity contribution < 1.29 is 13.7 Å². The zero-order valence-corrected chi connectivity index (χ0v) is 15.3. The molecule has 128 valence electrons. The molecule has 1 atom stereocenters. The van der Waals surface area contributed by atoms with Crippen molar-refractivity contribution in [3.8, 4) is 0 Å². The summed E-state index contributed by atoms with van der Waals surface area (Å²) >= 11 is 1.37. The summed E-state index contributed by atoms with van der Waals surface area (Å²) in [6.45, 7) is 9.03. The molecule has 0 aliphatic carbocycles. The van der Waals surface area contributed by atoms with E-state index in [-0.39, 0.29) is 12.1 Å². The first-order chi connectivity index (χ1) is 10.8. The summed E-state index contributed by atoms with van der Waals surface area (Å²) in [5.74, 6) is 0. The summed E-state index contributed by atoms with van der Waals surface area (Å²) in [5, 5.41) is 0. The third kappa shape index (κ3) is 6.07. The molecule has 0 bridgehead atoms. The van der Waals surface area contributed by atoms with Crippen molar-refractivity contribution in [3.63, 3.8) is 0 Å². The number of likely N-dealkylation sites (tertiary alicyclic amines) is 1. The van der Waals surface area contributed by atoms with Gasteiger partial charge in [-0.15, -0.1) is 0 Å². The van der Waals surface area contributed by atoms with Crippen molar-refractivity contribution in [2.45, 2.75) is 63.5 Å². The lowest BCUT2D eigenvalue weighted by Gasteiger charge is -2.36. The molecule has 0 aromatic heterocycles. The number of hydrogen-bond donors (Lipinski definition) is 0. The molecule has 0 radical (unpaired) electrons. The second-order valence-corrected chi connectivity index (χ2v) is 7.88. The van der Waals surface area contributed by atoms with Crippen molar-refractivity contribution in [1.29, 1.82) is 0 Å². The van der Waals surface area contributed by atoms with Crippen molar-refractivity contribution in [2.24, 2.45) is 0 Å². The van der Waals surface area contributed by atoms with Crippen LogP contribution in [0.4, 0.5) is 4.79 Å². The number of ether oxygens (including phenoxy) is 1. The summed E-state index contributed by atoms with van der Waals surface area (Å²) in [6.07, 6.45) is 2.89. The van der Waals surface area contributed by atoms with Crippen molar-refractivity contribution in [2.75, 3.05) is 13.2 Å². The van der Waals surface area contributed by atoms with Gasteiger partial charge in [0.2, 0.25) is 0 Å². The Bertz CT molecular complexity index is 510. The minimum atomic E-state index is -0.462. The minimum Gasteiger partial charge on any atom is -0.444 e. The molecule has 0 saturated carbocycles. The van der Waals surface area contributed by atoms with Gasteiger partial charge in [-0.05, 0) is 59.1 Å². The molecule has 2 rings (SSSR count). The fourth-order valence-corrected chi connectivity index (χ4v) is 3.12. The highest BCUT2D eigenvalue weighted by Crippen LogP contribution is 2.24. The summed E-state index contributed by atoms with van der Waals surface area (Å²) < 4.78 is 11.3. The quantitative estimate of drug-likeness (QED) is 0.739. The topological polar surface area (TPSA) is 38.8 Å². The predicted octanol–water partition coefficient (Wildman–Crippen LogP) is 4.81. The molecule has 1 heterocycles. The van der Waals surface area contributed by atoms with E-state index in [2.05, 4.69) is 19.1 Å². The van der Waals surface area contributed by atoms with Gasteiger partial charge in [0.1, 0.15) is 5.60 Å². The Kier molecular flexibility index (Phi) is 6.36. The number of rotatable bonds is 4. The highest BCUT2D eigenvalue weighted by Gasteiger charge is 2.30. The van der Waals surface area contributed by atoms with Gasteiger partial charge in [-0.2, -0.15) is 0 Å². The van der Waals surface area contributed by atoms with Crippen LogP contribution in [0.25, 0.3) is 0 Å². The van der Waals surface area contributed by atoms with Crippen LogP contribution < -0.4 is 0 Å². The third-order valence-corrected chi connectivity index (χ3v) is 4.41. The van der Waals surface area contributed by atoms with Gasteiger partial charge >= 0.3 is 6.09 Å². The number of nitrogens with zero attached hydrogens (tertiary/aromatic N) is 1. The van der Waals surface area contributed by atoms with E-state index < -0.39 is 5.60 Å². The standard InChI is InChI=1S/C18H27NO3S/c1-14-8-10-16(11-9-14)23-21-13-15-7-5-6-12-19(15)17(20)22-18(2,3)4/h8-11,15H,5-7,12-13H2,1-4H3. The Morgan fingerprint density at radius 2 is 1.96 bits per heavy atom. The molecule has 1 aromatic rings. The number of aryl methyl sites for hydroxylation is 1. The summed E-state index contributed by atoms with van der Waals surface area (Å²) in [6, 6.07) is 8.33. The first-order valence-corrected chi connectivity index (χ1v) is 8.95. The fourth-order valence-electron chi connectivity index (χ4n) is 2.51. The molecule has 1 amide bonds. The second-order valence-electron chi connectivity index (χ2n) is 7.00. The van der Waals surface area contributed by atoms with E-state index >= 15 is 0 Å². The molecular weight excluding hydrogens is 310 g/mol. The van der Waals surface area contributed by atoms with Crippen LogP contribution in [0.2, 0.25) is 0 Å². The van der Waals surface area contributed by atoms with Gasteiger partial charge in [-0.25, -0.2) is 4.79 Å².